The normalized spacial score (nSPS) is 6.00. The van der Waals surface area contributed by atoms with Gasteiger partial charge in [0, 0.05) is 0 Å². The Bertz CT molecular complexity index is 24.2. The van der Waals surface area contributed by atoms with Crippen LogP contribution < -0.4 is 0 Å². The SMILES string of the molecule is CCCC[CH2][Ge].Cl.Cl.Cl. The second kappa shape index (κ2) is 22.7. The van der Waals surface area contributed by atoms with Gasteiger partial charge in [0.2, 0.25) is 0 Å². The molecule has 0 aromatic heterocycles. The molecule has 0 saturated heterocycles. The predicted octanol–water partition coefficient (Wildman–Crippen LogP) is 3.03. The van der Waals surface area contributed by atoms with Gasteiger partial charge < -0.3 is 0 Å². The van der Waals surface area contributed by atoms with Gasteiger partial charge in [-0.05, 0) is 0 Å². The van der Waals surface area contributed by atoms with E-state index in [1.54, 1.807) is 0 Å². The van der Waals surface area contributed by atoms with E-state index in [4.69, 9.17) is 0 Å². The Hall–Kier alpha value is 1.41. The molecule has 0 aliphatic carbocycles. The third-order valence-electron chi connectivity index (χ3n) is 0.780. The smallest absolute Gasteiger partial charge is 0.147 e. The van der Waals surface area contributed by atoms with Crippen molar-refractivity contribution in [1.29, 1.82) is 0 Å². The Kier molecular flexibility index (Phi) is 56.7. The Balaban J connectivity index is -0.0000000417. The molecule has 0 fully saturated rings. The average Bonchev–Trinajstić information content (AvgIpc) is 1.61. The first-order valence-electron chi connectivity index (χ1n) is 2.56. The first-order valence-corrected chi connectivity index (χ1v) is 4.04. The van der Waals surface area contributed by atoms with Crippen LogP contribution in [-0.2, 0) is 0 Å². The maximum absolute atomic E-state index is 2.23. The van der Waals surface area contributed by atoms with E-state index >= 15 is 0 Å². The minimum atomic E-state index is 0. The van der Waals surface area contributed by atoms with E-state index in [2.05, 4.69) is 23.4 Å². The molecule has 0 amide bonds. The van der Waals surface area contributed by atoms with Crippen LogP contribution >= 0.6 is 37.2 Å². The number of hydrogen-bond acceptors (Lipinski definition) is 0. The van der Waals surface area contributed by atoms with Crippen molar-refractivity contribution < 1.29 is 0 Å². The molecule has 0 rings (SSSR count). The summed E-state index contributed by atoms with van der Waals surface area (Å²) in [5.41, 5.74) is 0. The maximum Gasteiger partial charge on any atom is -0.147 e. The van der Waals surface area contributed by atoms with E-state index in [1.165, 1.54) is 24.5 Å². The fourth-order valence-corrected chi connectivity index (χ4v) is 0.900. The monoisotopic (exact) mass is 253 g/mol. The van der Waals surface area contributed by atoms with Crippen LogP contribution in [0.5, 0.6) is 0 Å². The first-order chi connectivity index (χ1) is 2.91. The molecular weight excluding hydrogens is 239 g/mol. The molecule has 0 aliphatic rings. The van der Waals surface area contributed by atoms with Crippen LogP contribution in [0.4, 0.5) is 0 Å². The van der Waals surface area contributed by atoms with Crippen molar-refractivity contribution in [2.24, 2.45) is 0 Å². The minimum absolute atomic E-state index is 0. The molecule has 0 nitrogen and oxygen atoms in total. The first kappa shape index (κ1) is 22.4. The van der Waals surface area contributed by atoms with Gasteiger partial charge in [0.1, 0.15) is 0 Å². The summed E-state index contributed by atoms with van der Waals surface area (Å²) in [6.45, 7) is 2.23. The molecule has 0 heterocycles. The Morgan fingerprint density at radius 2 is 1.44 bits per heavy atom. The van der Waals surface area contributed by atoms with Crippen LogP contribution in [0.1, 0.15) is 26.2 Å². The summed E-state index contributed by atoms with van der Waals surface area (Å²) >= 11 is 2.23. The van der Waals surface area contributed by atoms with Crippen molar-refractivity contribution in [2.75, 3.05) is 0 Å². The zero-order valence-corrected chi connectivity index (χ0v) is 10.1. The molecule has 3 radical (unpaired) electrons. The van der Waals surface area contributed by atoms with Crippen LogP contribution in [0, 0.1) is 0 Å². The molecule has 0 N–H and O–H groups in total. The van der Waals surface area contributed by atoms with Gasteiger partial charge in [-0.2, -0.15) is 0 Å². The molecule has 0 aromatic rings. The van der Waals surface area contributed by atoms with Crippen molar-refractivity contribution in [3.05, 3.63) is 0 Å². The van der Waals surface area contributed by atoms with Gasteiger partial charge in [-0.25, -0.2) is 0 Å². The topological polar surface area (TPSA) is 0 Å². The van der Waals surface area contributed by atoms with Gasteiger partial charge >= 0.3 is 48.0 Å². The van der Waals surface area contributed by atoms with E-state index in [0.717, 1.165) is 0 Å². The Morgan fingerprint density at radius 3 is 1.56 bits per heavy atom. The largest absolute Gasteiger partial charge is 0.147 e. The molecule has 59 valence electrons. The van der Waals surface area contributed by atoms with Gasteiger partial charge in [-0.1, -0.05) is 0 Å². The van der Waals surface area contributed by atoms with Gasteiger partial charge in [0.15, 0.2) is 0 Å². The van der Waals surface area contributed by atoms with Crippen molar-refractivity contribution in [1.82, 2.24) is 0 Å². The quantitative estimate of drug-likeness (QED) is 0.535. The molecule has 4 heteroatoms. The van der Waals surface area contributed by atoms with Gasteiger partial charge in [-0.3, -0.25) is 0 Å². The average molecular weight is 253 g/mol. The van der Waals surface area contributed by atoms with E-state index in [0.29, 0.717) is 0 Å². The number of rotatable bonds is 3. The third-order valence-corrected chi connectivity index (χ3v) is 1.52. The summed E-state index contributed by atoms with van der Waals surface area (Å²) in [5.74, 6) is 0. The summed E-state index contributed by atoms with van der Waals surface area (Å²) in [7, 11) is 0. The standard InChI is InChI=1S/C5H11Ge.3ClH/c1-2-3-4-5-6;;;/h2-5H2,1H3;3*1H. The Morgan fingerprint density at radius 1 is 1.00 bits per heavy atom. The summed E-state index contributed by atoms with van der Waals surface area (Å²) in [5, 5.41) is 1.36. The molecule has 0 aromatic carbocycles. The third kappa shape index (κ3) is 26.6. The summed E-state index contributed by atoms with van der Waals surface area (Å²) in [6, 6.07) is 0. The molecule has 0 spiro atoms. The van der Waals surface area contributed by atoms with Crippen molar-refractivity contribution in [2.45, 2.75) is 31.4 Å². The van der Waals surface area contributed by atoms with Crippen LogP contribution in [0.25, 0.3) is 0 Å². The molecule has 0 bridgehead atoms. The molecule has 0 unspecified atom stereocenters. The molecule has 0 aliphatic heterocycles. The van der Waals surface area contributed by atoms with E-state index in [1.807, 2.05) is 0 Å². The molecule has 0 saturated carbocycles. The van der Waals surface area contributed by atoms with Crippen LogP contribution in [0.15, 0.2) is 0 Å². The van der Waals surface area contributed by atoms with Crippen molar-refractivity contribution in [3.8, 4) is 0 Å². The summed E-state index contributed by atoms with van der Waals surface area (Å²) in [6.07, 6.45) is 4.18. The minimum Gasteiger partial charge on any atom is -0.147 e. The summed E-state index contributed by atoms with van der Waals surface area (Å²) in [4.78, 5) is 0. The zero-order chi connectivity index (χ0) is 4.83. The van der Waals surface area contributed by atoms with Crippen molar-refractivity contribution in [3.63, 3.8) is 0 Å². The van der Waals surface area contributed by atoms with E-state index < -0.39 is 0 Å². The second-order valence-electron chi connectivity index (χ2n) is 1.46. The Labute approximate surface area is 85.0 Å². The van der Waals surface area contributed by atoms with Gasteiger partial charge in [-0.15, -0.1) is 37.2 Å². The fraction of sp³-hybridized carbons (Fsp3) is 1.00. The van der Waals surface area contributed by atoms with Crippen molar-refractivity contribution >= 4 is 53.7 Å². The molecule has 9 heavy (non-hydrogen) atoms. The zero-order valence-electron chi connectivity index (χ0n) is 5.55. The summed E-state index contributed by atoms with van der Waals surface area (Å²) < 4.78 is 0. The maximum atomic E-state index is 2.23. The van der Waals surface area contributed by atoms with E-state index in [-0.39, 0.29) is 37.2 Å². The second-order valence-corrected chi connectivity index (χ2v) is 2.51. The number of unbranched alkanes of at least 4 members (excludes halogenated alkanes) is 2. The fourth-order valence-electron chi connectivity index (χ4n) is 0.375. The number of hydrogen-bond donors (Lipinski definition) is 0. The van der Waals surface area contributed by atoms with Crippen LogP contribution in [-0.4, -0.2) is 16.5 Å². The predicted molar refractivity (Wildman–Crippen MR) is 51.8 cm³/mol. The van der Waals surface area contributed by atoms with Gasteiger partial charge in [0.05, 0.1) is 0 Å². The van der Waals surface area contributed by atoms with Gasteiger partial charge in [0.25, 0.3) is 0 Å². The van der Waals surface area contributed by atoms with Crippen LogP contribution in [0.3, 0.4) is 0 Å². The molecule has 0 atom stereocenters. The van der Waals surface area contributed by atoms with Crippen LogP contribution in [0.2, 0.25) is 5.25 Å². The number of halogens is 3. The molecular formula is C5H14Cl3Ge. The van der Waals surface area contributed by atoms with E-state index in [9.17, 15) is 0 Å².